The first-order chi connectivity index (χ1) is 13.7. The van der Waals surface area contributed by atoms with Crippen LogP contribution in [-0.4, -0.2) is 75.7 Å². The van der Waals surface area contributed by atoms with Gasteiger partial charge in [-0.3, -0.25) is 4.99 Å². The number of guanidine groups is 1. The molecule has 1 unspecified atom stereocenters. The molecular formula is C21H35N3O4. The molecule has 1 fully saturated rings. The van der Waals surface area contributed by atoms with E-state index in [0.717, 1.165) is 69.4 Å². The number of aliphatic imine (C=N–C) groups is 1. The molecule has 0 saturated carbocycles. The molecule has 0 bridgehead atoms. The molecule has 0 radical (unpaired) electrons. The van der Waals surface area contributed by atoms with E-state index in [1.165, 1.54) is 0 Å². The van der Waals surface area contributed by atoms with Gasteiger partial charge >= 0.3 is 0 Å². The summed E-state index contributed by atoms with van der Waals surface area (Å²) in [6.07, 6.45) is 2.54. The summed E-state index contributed by atoms with van der Waals surface area (Å²) < 4.78 is 16.2. The number of methoxy groups -OCH3 is 2. The lowest BCUT2D eigenvalue weighted by atomic mass is 10.1. The van der Waals surface area contributed by atoms with Crippen molar-refractivity contribution < 1.29 is 19.3 Å². The minimum absolute atomic E-state index is 0.304. The highest BCUT2D eigenvalue weighted by Crippen LogP contribution is 2.20. The molecule has 1 aliphatic heterocycles. The highest BCUT2D eigenvalue weighted by atomic mass is 16.5. The molecule has 28 heavy (non-hydrogen) atoms. The van der Waals surface area contributed by atoms with Gasteiger partial charge in [0.25, 0.3) is 0 Å². The zero-order valence-electron chi connectivity index (χ0n) is 17.4. The van der Waals surface area contributed by atoms with Crippen molar-refractivity contribution in [2.75, 3.05) is 53.6 Å². The standard InChI is InChI=1S/C21H35N3O4/c1-4-22-21(23-16-20(25)17-7-5-8-19(15-17)27-3)24-11-9-18(10-12-24)28-14-6-13-26-2/h5,7-8,15,18,20,25H,4,6,9-14,16H2,1-3H3,(H,22,23). The van der Waals surface area contributed by atoms with E-state index in [1.54, 1.807) is 14.2 Å². The molecule has 1 saturated heterocycles. The molecule has 1 heterocycles. The quantitative estimate of drug-likeness (QED) is 0.361. The summed E-state index contributed by atoms with van der Waals surface area (Å²) >= 11 is 0. The van der Waals surface area contributed by atoms with Crippen LogP contribution < -0.4 is 10.1 Å². The van der Waals surface area contributed by atoms with Crippen LogP contribution in [0.2, 0.25) is 0 Å². The smallest absolute Gasteiger partial charge is 0.194 e. The van der Waals surface area contributed by atoms with E-state index in [0.29, 0.717) is 12.6 Å². The van der Waals surface area contributed by atoms with Crippen molar-refractivity contribution in [3.05, 3.63) is 29.8 Å². The van der Waals surface area contributed by atoms with Crippen molar-refractivity contribution in [2.24, 2.45) is 4.99 Å². The number of aliphatic hydroxyl groups is 1. The summed E-state index contributed by atoms with van der Waals surface area (Å²) in [4.78, 5) is 6.91. The fourth-order valence-corrected chi connectivity index (χ4v) is 3.24. The molecule has 158 valence electrons. The minimum Gasteiger partial charge on any atom is -0.497 e. The SMILES string of the molecule is CCNC(=NCC(O)c1cccc(OC)c1)N1CCC(OCCCOC)CC1. The number of hydrogen-bond acceptors (Lipinski definition) is 5. The van der Waals surface area contributed by atoms with Gasteiger partial charge < -0.3 is 29.5 Å². The Bertz CT molecular complexity index is 589. The Morgan fingerprint density at radius 2 is 2.07 bits per heavy atom. The molecule has 0 amide bonds. The van der Waals surface area contributed by atoms with Crippen LogP contribution in [0.15, 0.2) is 29.3 Å². The molecule has 0 aliphatic carbocycles. The van der Waals surface area contributed by atoms with Gasteiger partial charge in [-0.25, -0.2) is 0 Å². The molecule has 1 aliphatic rings. The Labute approximate surface area is 168 Å². The van der Waals surface area contributed by atoms with Crippen LogP contribution in [0.5, 0.6) is 5.75 Å². The topological polar surface area (TPSA) is 75.6 Å². The number of piperidine rings is 1. The zero-order valence-corrected chi connectivity index (χ0v) is 17.4. The normalized spacial score (nSPS) is 16.9. The van der Waals surface area contributed by atoms with Gasteiger partial charge in [0, 0.05) is 40.0 Å². The minimum atomic E-state index is -0.662. The van der Waals surface area contributed by atoms with E-state index in [4.69, 9.17) is 14.2 Å². The Morgan fingerprint density at radius 1 is 1.29 bits per heavy atom. The van der Waals surface area contributed by atoms with E-state index in [2.05, 4.69) is 22.1 Å². The first kappa shape index (κ1) is 22.5. The van der Waals surface area contributed by atoms with Crippen LogP contribution in [0.25, 0.3) is 0 Å². The monoisotopic (exact) mass is 393 g/mol. The molecule has 1 aromatic rings. The maximum absolute atomic E-state index is 10.5. The van der Waals surface area contributed by atoms with Gasteiger partial charge in [0.05, 0.1) is 25.9 Å². The summed E-state index contributed by atoms with van der Waals surface area (Å²) in [7, 11) is 3.34. The van der Waals surface area contributed by atoms with Gasteiger partial charge in [0.1, 0.15) is 5.75 Å². The largest absolute Gasteiger partial charge is 0.497 e. The second kappa shape index (κ2) is 12.6. The maximum atomic E-state index is 10.5. The average molecular weight is 394 g/mol. The molecule has 2 N–H and O–H groups in total. The fraction of sp³-hybridized carbons (Fsp3) is 0.667. The third kappa shape index (κ3) is 7.30. The summed E-state index contributed by atoms with van der Waals surface area (Å²) in [6.45, 7) is 6.45. The fourth-order valence-electron chi connectivity index (χ4n) is 3.24. The lowest BCUT2D eigenvalue weighted by Crippen LogP contribution is -2.47. The van der Waals surface area contributed by atoms with Crippen LogP contribution in [0.3, 0.4) is 0 Å². The second-order valence-corrected chi connectivity index (χ2v) is 6.89. The summed E-state index contributed by atoms with van der Waals surface area (Å²) in [5, 5.41) is 13.8. The predicted molar refractivity (Wildman–Crippen MR) is 111 cm³/mol. The first-order valence-corrected chi connectivity index (χ1v) is 10.1. The summed E-state index contributed by atoms with van der Waals surface area (Å²) in [5.41, 5.74) is 0.808. The predicted octanol–water partition coefficient (Wildman–Crippen LogP) is 2.21. The van der Waals surface area contributed by atoms with Gasteiger partial charge in [-0.05, 0) is 43.9 Å². The molecule has 1 aromatic carbocycles. The summed E-state index contributed by atoms with van der Waals surface area (Å²) in [5.74, 6) is 1.59. The van der Waals surface area contributed by atoms with Crippen molar-refractivity contribution >= 4 is 5.96 Å². The van der Waals surface area contributed by atoms with Gasteiger partial charge in [-0.1, -0.05) is 12.1 Å². The molecule has 2 rings (SSSR count). The third-order valence-electron chi connectivity index (χ3n) is 4.82. The molecule has 1 atom stereocenters. The Hall–Kier alpha value is -1.83. The number of hydrogen-bond donors (Lipinski definition) is 2. The molecule has 0 aromatic heterocycles. The van der Waals surface area contributed by atoms with E-state index in [9.17, 15) is 5.11 Å². The molecule has 7 nitrogen and oxygen atoms in total. The van der Waals surface area contributed by atoms with Gasteiger partial charge in [0.15, 0.2) is 5.96 Å². The maximum Gasteiger partial charge on any atom is 0.194 e. The van der Waals surface area contributed by atoms with Gasteiger partial charge in [-0.15, -0.1) is 0 Å². The van der Waals surface area contributed by atoms with Crippen LogP contribution in [-0.2, 0) is 9.47 Å². The lowest BCUT2D eigenvalue weighted by molar-refractivity contribution is 0.00986. The third-order valence-corrected chi connectivity index (χ3v) is 4.82. The number of nitrogens with zero attached hydrogens (tertiary/aromatic N) is 2. The highest BCUT2D eigenvalue weighted by molar-refractivity contribution is 5.80. The van der Waals surface area contributed by atoms with E-state index in [-0.39, 0.29) is 0 Å². The number of benzene rings is 1. The molecule has 7 heteroatoms. The van der Waals surface area contributed by atoms with Gasteiger partial charge in [0.2, 0.25) is 0 Å². The number of aliphatic hydroxyl groups excluding tert-OH is 1. The van der Waals surface area contributed by atoms with Crippen LogP contribution in [0.1, 0.15) is 37.9 Å². The summed E-state index contributed by atoms with van der Waals surface area (Å²) in [6, 6.07) is 7.48. The Kier molecular flexibility index (Phi) is 10.1. The van der Waals surface area contributed by atoms with Crippen LogP contribution in [0.4, 0.5) is 0 Å². The van der Waals surface area contributed by atoms with Crippen molar-refractivity contribution in [3.8, 4) is 5.75 Å². The van der Waals surface area contributed by atoms with Crippen LogP contribution >= 0.6 is 0 Å². The van der Waals surface area contributed by atoms with Crippen molar-refractivity contribution in [1.29, 1.82) is 0 Å². The van der Waals surface area contributed by atoms with Crippen molar-refractivity contribution in [2.45, 2.75) is 38.4 Å². The average Bonchev–Trinajstić information content (AvgIpc) is 2.74. The lowest BCUT2D eigenvalue weighted by Gasteiger charge is -2.34. The molecule has 0 spiro atoms. The number of nitrogens with one attached hydrogen (secondary N) is 1. The van der Waals surface area contributed by atoms with Crippen molar-refractivity contribution in [1.82, 2.24) is 10.2 Å². The Morgan fingerprint density at radius 3 is 2.75 bits per heavy atom. The number of rotatable bonds is 10. The zero-order chi connectivity index (χ0) is 20.2. The number of ether oxygens (including phenoxy) is 3. The van der Waals surface area contributed by atoms with E-state index in [1.807, 2.05) is 24.3 Å². The number of likely N-dealkylation sites (tertiary alicyclic amines) is 1. The van der Waals surface area contributed by atoms with E-state index >= 15 is 0 Å². The Balaban J connectivity index is 1.86. The van der Waals surface area contributed by atoms with Gasteiger partial charge in [-0.2, -0.15) is 0 Å². The van der Waals surface area contributed by atoms with Crippen molar-refractivity contribution in [3.63, 3.8) is 0 Å². The first-order valence-electron chi connectivity index (χ1n) is 10.1. The van der Waals surface area contributed by atoms with E-state index < -0.39 is 6.10 Å². The highest BCUT2D eigenvalue weighted by Gasteiger charge is 2.22. The molecular weight excluding hydrogens is 358 g/mol. The second-order valence-electron chi connectivity index (χ2n) is 6.89. The van der Waals surface area contributed by atoms with Crippen LogP contribution in [0, 0.1) is 0 Å².